The molecule has 3 unspecified atom stereocenters. The number of carbonyl (C=O) groups is 4. The molecular weight excluding hydrogens is 570 g/mol. The first-order chi connectivity index (χ1) is 17.8. The zero-order valence-electron chi connectivity index (χ0n) is 19.1. The van der Waals surface area contributed by atoms with Crippen LogP contribution in [0, 0.1) is 10.1 Å². The van der Waals surface area contributed by atoms with Crippen molar-refractivity contribution in [2.75, 3.05) is 12.4 Å². The number of alkyl halides is 1. The second-order valence-electron chi connectivity index (χ2n) is 7.97. The second kappa shape index (κ2) is 11.6. The summed E-state index contributed by atoms with van der Waals surface area (Å²) < 4.78 is 10.8. The van der Waals surface area contributed by atoms with Gasteiger partial charge in [-0.05, 0) is 35.4 Å². The van der Waals surface area contributed by atoms with Crippen LogP contribution < -0.4 is 10.1 Å². The van der Waals surface area contributed by atoms with Gasteiger partial charge in [0.1, 0.15) is 35.8 Å². The van der Waals surface area contributed by atoms with Crippen molar-refractivity contribution in [1.82, 2.24) is 10.2 Å². The van der Waals surface area contributed by atoms with Crippen molar-refractivity contribution in [3.05, 3.63) is 81.5 Å². The molecule has 2 amide bonds. The zero-order chi connectivity index (χ0) is 26.5. The minimum Gasteiger partial charge on any atom is -0.484 e. The van der Waals surface area contributed by atoms with Crippen LogP contribution in [0.1, 0.15) is 5.56 Å². The first kappa shape index (κ1) is 26.4. The van der Waals surface area contributed by atoms with Crippen LogP contribution in [0.4, 0.5) is 5.69 Å². The smallest absolute Gasteiger partial charge is 0.355 e. The third-order valence-electron chi connectivity index (χ3n) is 5.59. The molecule has 11 nitrogen and oxygen atoms in total. The van der Waals surface area contributed by atoms with Crippen LogP contribution in [0.5, 0.6) is 5.75 Å². The van der Waals surface area contributed by atoms with Gasteiger partial charge in [-0.2, -0.15) is 0 Å². The van der Waals surface area contributed by atoms with Crippen molar-refractivity contribution in [3.63, 3.8) is 0 Å². The molecule has 2 heterocycles. The SMILES string of the molecule is O=CC(Br)C1=C(C(=O)OCc2ccc([N+](=O)[O-])cc2)N2C(=O)C(NC(=O)COc3ccccc3)C2SC1. The molecule has 1 N–H and O–H groups in total. The van der Waals surface area contributed by atoms with Crippen LogP contribution in [0.15, 0.2) is 65.9 Å². The molecule has 0 aromatic heterocycles. The molecule has 2 aromatic rings. The minimum absolute atomic E-state index is 0.0596. The van der Waals surface area contributed by atoms with Gasteiger partial charge < -0.3 is 19.6 Å². The maximum Gasteiger partial charge on any atom is 0.355 e. The number of ether oxygens (including phenoxy) is 2. The van der Waals surface area contributed by atoms with Crippen LogP contribution in [-0.2, 0) is 30.5 Å². The molecule has 0 saturated carbocycles. The van der Waals surface area contributed by atoms with Crippen molar-refractivity contribution in [2.24, 2.45) is 0 Å². The Hall–Kier alpha value is -3.71. The number of non-ortho nitro benzene ring substituents is 1. The van der Waals surface area contributed by atoms with Crippen LogP contribution in [0.3, 0.4) is 0 Å². The number of benzene rings is 2. The standard InChI is InChI=1S/C24H20BrN3O8S/c25-18(10-29)17-13-37-23-20(26-19(30)12-35-16-4-2-1-3-5-16)22(31)27(23)21(17)24(32)36-11-14-6-8-15(9-7-14)28(33)34/h1-10,18,20,23H,11-13H2,(H,26,30). The fraction of sp³-hybridized carbons (Fsp3) is 0.250. The summed E-state index contributed by atoms with van der Waals surface area (Å²) in [5.41, 5.74) is 0.715. The van der Waals surface area contributed by atoms with Gasteiger partial charge in [0, 0.05) is 17.9 Å². The number of β-lactam (4-membered cyclic amide) rings is 1. The van der Waals surface area contributed by atoms with Gasteiger partial charge in [0.25, 0.3) is 17.5 Å². The Bertz CT molecular complexity index is 1250. The number of aldehydes is 1. The molecule has 2 aromatic carbocycles. The van der Waals surface area contributed by atoms with Gasteiger partial charge in [-0.25, -0.2) is 4.79 Å². The molecule has 0 spiro atoms. The number of hydrogen-bond donors (Lipinski definition) is 1. The summed E-state index contributed by atoms with van der Waals surface area (Å²) in [7, 11) is 0. The molecule has 1 fully saturated rings. The summed E-state index contributed by atoms with van der Waals surface area (Å²) in [6.07, 6.45) is 0.601. The lowest BCUT2D eigenvalue weighted by molar-refractivity contribution is -0.384. The number of nitrogens with one attached hydrogen (secondary N) is 1. The van der Waals surface area contributed by atoms with E-state index < -0.39 is 38.9 Å². The van der Waals surface area contributed by atoms with E-state index in [2.05, 4.69) is 21.2 Å². The molecule has 192 valence electrons. The zero-order valence-corrected chi connectivity index (χ0v) is 21.5. The number of carbonyl (C=O) groups excluding carboxylic acids is 4. The summed E-state index contributed by atoms with van der Waals surface area (Å²) in [6, 6.07) is 13.4. The number of para-hydroxylation sites is 1. The van der Waals surface area contributed by atoms with Gasteiger partial charge in [-0.15, -0.1) is 11.8 Å². The maximum atomic E-state index is 13.1. The van der Waals surface area contributed by atoms with Gasteiger partial charge in [-0.1, -0.05) is 34.1 Å². The van der Waals surface area contributed by atoms with Crippen molar-refractivity contribution in [2.45, 2.75) is 22.8 Å². The summed E-state index contributed by atoms with van der Waals surface area (Å²) in [4.78, 5) is 60.6. The topological polar surface area (TPSA) is 145 Å². The number of rotatable bonds is 10. The van der Waals surface area contributed by atoms with E-state index in [0.717, 1.165) is 0 Å². The van der Waals surface area contributed by atoms with Gasteiger partial charge in [0.05, 0.1) is 9.75 Å². The van der Waals surface area contributed by atoms with Crippen LogP contribution in [0.25, 0.3) is 0 Å². The molecule has 2 aliphatic heterocycles. The molecule has 13 heteroatoms. The Morgan fingerprint density at radius 3 is 2.57 bits per heavy atom. The molecule has 0 aliphatic carbocycles. The minimum atomic E-state index is -0.874. The van der Waals surface area contributed by atoms with E-state index in [1.807, 2.05) is 6.07 Å². The summed E-state index contributed by atoms with van der Waals surface area (Å²) in [5.74, 6) is -1.08. The summed E-state index contributed by atoms with van der Waals surface area (Å²) in [5, 5.41) is 12.9. The number of nitro groups is 1. The summed E-state index contributed by atoms with van der Waals surface area (Å²) >= 11 is 4.52. The number of esters is 1. The first-order valence-electron chi connectivity index (χ1n) is 10.9. The number of hydrogen-bond acceptors (Lipinski definition) is 9. The maximum absolute atomic E-state index is 13.1. The highest BCUT2D eigenvalue weighted by molar-refractivity contribution is 9.10. The Kier molecular flexibility index (Phi) is 8.24. The lowest BCUT2D eigenvalue weighted by atomic mass is 10.0. The number of nitrogens with zero attached hydrogens (tertiary/aromatic N) is 2. The van der Waals surface area contributed by atoms with Crippen molar-refractivity contribution in [1.29, 1.82) is 0 Å². The number of nitro benzene ring substituents is 1. The van der Waals surface area contributed by atoms with E-state index >= 15 is 0 Å². The summed E-state index contributed by atoms with van der Waals surface area (Å²) in [6.45, 7) is -0.483. The largest absolute Gasteiger partial charge is 0.484 e. The normalized spacial score (nSPS) is 19.3. The van der Waals surface area contributed by atoms with E-state index in [1.165, 1.54) is 40.9 Å². The highest BCUT2D eigenvalue weighted by atomic mass is 79.9. The molecule has 3 atom stereocenters. The lowest BCUT2D eigenvalue weighted by Crippen LogP contribution is -2.71. The monoisotopic (exact) mass is 589 g/mol. The predicted octanol–water partition coefficient (Wildman–Crippen LogP) is 2.33. The molecule has 1 saturated heterocycles. The number of fused-ring (bicyclic) bond motifs is 1. The quantitative estimate of drug-likeness (QED) is 0.110. The van der Waals surface area contributed by atoms with Crippen LogP contribution in [-0.4, -0.2) is 62.5 Å². The van der Waals surface area contributed by atoms with Crippen molar-refractivity contribution in [3.8, 4) is 5.75 Å². The lowest BCUT2D eigenvalue weighted by Gasteiger charge is -2.50. The molecule has 2 aliphatic rings. The Labute approximate surface area is 223 Å². The fourth-order valence-electron chi connectivity index (χ4n) is 3.74. The van der Waals surface area contributed by atoms with E-state index in [0.29, 0.717) is 23.2 Å². The average molecular weight is 590 g/mol. The number of halogens is 1. The molecule has 4 rings (SSSR count). The van der Waals surface area contributed by atoms with Crippen LogP contribution >= 0.6 is 27.7 Å². The molecule has 0 bridgehead atoms. The van der Waals surface area contributed by atoms with Gasteiger partial charge in [0.15, 0.2) is 6.61 Å². The highest BCUT2D eigenvalue weighted by Crippen LogP contribution is 2.42. The van der Waals surface area contributed by atoms with Crippen molar-refractivity contribution >= 4 is 57.4 Å². The molecular formula is C24H20BrN3O8S. The van der Waals surface area contributed by atoms with Gasteiger partial charge in [-0.3, -0.25) is 24.6 Å². The van der Waals surface area contributed by atoms with Crippen LogP contribution in [0.2, 0.25) is 0 Å². The van der Waals surface area contributed by atoms with Gasteiger partial charge in [0.2, 0.25) is 0 Å². The first-order valence-corrected chi connectivity index (χ1v) is 12.9. The fourth-order valence-corrected chi connectivity index (χ4v) is 5.73. The highest BCUT2D eigenvalue weighted by Gasteiger charge is 2.55. The Morgan fingerprint density at radius 1 is 1.22 bits per heavy atom. The molecule has 37 heavy (non-hydrogen) atoms. The van der Waals surface area contributed by atoms with E-state index in [9.17, 15) is 29.3 Å². The second-order valence-corrected chi connectivity index (χ2v) is 10.1. The van der Waals surface area contributed by atoms with Crippen molar-refractivity contribution < 1.29 is 33.6 Å². The number of amides is 2. The molecule has 0 radical (unpaired) electrons. The van der Waals surface area contributed by atoms with E-state index in [1.54, 1.807) is 24.3 Å². The van der Waals surface area contributed by atoms with E-state index in [4.69, 9.17) is 9.47 Å². The Morgan fingerprint density at radius 2 is 1.92 bits per heavy atom. The average Bonchev–Trinajstić information content (AvgIpc) is 2.92. The third-order valence-corrected chi connectivity index (χ3v) is 7.66. The Balaban J connectivity index is 1.43. The third kappa shape index (κ3) is 5.83. The van der Waals surface area contributed by atoms with E-state index in [-0.39, 0.29) is 30.4 Å². The predicted molar refractivity (Wildman–Crippen MR) is 136 cm³/mol. The number of thioether (sulfide) groups is 1. The van der Waals surface area contributed by atoms with Gasteiger partial charge >= 0.3 is 5.97 Å².